The second kappa shape index (κ2) is 4.28. The first-order chi connectivity index (χ1) is 8.94. The summed E-state index contributed by atoms with van der Waals surface area (Å²) in [5, 5.41) is 0. The molecule has 1 aromatic rings. The van der Waals surface area contributed by atoms with Crippen LogP contribution in [0.5, 0.6) is 5.75 Å². The van der Waals surface area contributed by atoms with Gasteiger partial charge in [0.2, 0.25) is 0 Å². The lowest BCUT2D eigenvalue weighted by atomic mass is 9.98. The van der Waals surface area contributed by atoms with Gasteiger partial charge in [-0.3, -0.25) is 4.79 Å². The van der Waals surface area contributed by atoms with Crippen LogP contribution >= 0.6 is 0 Å². The molecular weight excluding hydrogens is 251 g/mol. The van der Waals surface area contributed by atoms with Gasteiger partial charge in [-0.05, 0) is 32.0 Å². The topological polar surface area (TPSA) is 44.8 Å². The number of halogens is 1. The van der Waals surface area contributed by atoms with Gasteiger partial charge in [0, 0.05) is 0 Å². The van der Waals surface area contributed by atoms with Crippen LogP contribution in [0.4, 0.5) is 4.39 Å². The van der Waals surface area contributed by atoms with Gasteiger partial charge in [0.25, 0.3) is 0 Å². The lowest BCUT2D eigenvalue weighted by molar-refractivity contribution is -0.149. The highest BCUT2D eigenvalue weighted by molar-refractivity contribution is 5.99. The maximum Gasteiger partial charge on any atom is 0.170 e. The van der Waals surface area contributed by atoms with Crippen LogP contribution in [0.2, 0.25) is 0 Å². The summed E-state index contributed by atoms with van der Waals surface area (Å²) >= 11 is 0. The molecule has 0 aromatic heterocycles. The van der Waals surface area contributed by atoms with Crippen molar-refractivity contribution in [2.24, 2.45) is 0 Å². The monoisotopic (exact) mass is 266 g/mol. The fourth-order valence-corrected chi connectivity index (χ4v) is 2.43. The van der Waals surface area contributed by atoms with Gasteiger partial charge in [-0.1, -0.05) is 0 Å². The van der Waals surface area contributed by atoms with Crippen LogP contribution in [0.25, 0.3) is 0 Å². The molecule has 2 heterocycles. The van der Waals surface area contributed by atoms with E-state index in [-0.39, 0.29) is 24.4 Å². The van der Waals surface area contributed by atoms with Gasteiger partial charge in [0.15, 0.2) is 11.6 Å². The fourth-order valence-electron chi connectivity index (χ4n) is 2.43. The molecule has 2 aliphatic rings. The molecule has 2 aliphatic heterocycles. The van der Waals surface area contributed by atoms with Crippen molar-refractivity contribution in [3.63, 3.8) is 0 Å². The molecule has 5 heteroatoms. The lowest BCUT2D eigenvalue weighted by Crippen LogP contribution is -2.39. The third kappa shape index (κ3) is 2.35. The van der Waals surface area contributed by atoms with Crippen molar-refractivity contribution in [2.45, 2.75) is 38.3 Å². The molecule has 102 valence electrons. The zero-order valence-electron chi connectivity index (χ0n) is 10.8. The van der Waals surface area contributed by atoms with E-state index < -0.39 is 11.6 Å². The maximum absolute atomic E-state index is 13.1. The van der Waals surface area contributed by atoms with Gasteiger partial charge in [-0.25, -0.2) is 4.39 Å². The Kier molecular flexibility index (Phi) is 2.83. The summed E-state index contributed by atoms with van der Waals surface area (Å²) < 4.78 is 30.0. The van der Waals surface area contributed by atoms with E-state index in [1.807, 2.05) is 13.8 Å². The Morgan fingerprint density at radius 2 is 2.11 bits per heavy atom. The Labute approximate surface area is 110 Å². The number of benzene rings is 1. The summed E-state index contributed by atoms with van der Waals surface area (Å²) in [6, 6.07) is 3.98. The molecule has 1 aromatic carbocycles. The first-order valence-electron chi connectivity index (χ1n) is 6.26. The summed E-state index contributed by atoms with van der Waals surface area (Å²) in [5.74, 6) is -0.800. The van der Waals surface area contributed by atoms with E-state index in [1.165, 1.54) is 18.2 Å². The van der Waals surface area contributed by atoms with E-state index in [1.54, 1.807) is 0 Å². The minimum Gasteiger partial charge on any atom is -0.486 e. The number of ether oxygens (including phenoxy) is 3. The molecular formula is C14H15FO4. The highest BCUT2D eigenvalue weighted by Crippen LogP contribution is 2.33. The number of fused-ring (bicyclic) bond motifs is 1. The molecule has 3 rings (SSSR count). The molecule has 1 saturated heterocycles. The van der Waals surface area contributed by atoms with Gasteiger partial charge in [0.1, 0.15) is 23.8 Å². The predicted octanol–water partition coefficient (Wildman–Crippen LogP) is 2.31. The van der Waals surface area contributed by atoms with Gasteiger partial charge >= 0.3 is 0 Å². The SMILES string of the molecule is CC1(C)OC[C@H]([C@H]2CC(=O)c3cc(F)ccc3O2)O1. The second-order valence-electron chi connectivity index (χ2n) is 5.29. The first kappa shape index (κ1) is 12.6. The Balaban J connectivity index is 1.82. The van der Waals surface area contributed by atoms with Crippen molar-refractivity contribution >= 4 is 5.78 Å². The Hall–Kier alpha value is -1.46. The van der Waals surface area contributed by atoms with Crippen LogP contribution in [0.1, 0.15) is 30.6 Å². The van der Waals surface area contributed by atoms with Gasteiger partial charge in [-0.15, -0.1) is 0 Å². The van der Waals surface area contributed by atoms with E-state index in [0.29, 0.717) is 17.9 Å². The average Bonchev–Trinajstić information content (AvgIpc) is 2.70. The number of rotatable bonds is 1. The number of ketones is 1. The number of hydrogen-bond donors (Lipinski definition) is 0. The van der Waals surface area contributed by atoms with Crippen molar-refractivity contribution in [3.05, 3.63) is 29.6 Å². The smallest absolute Gasteiger partial charge is 0.170 e. The van der Waals surface area contributed by atoms with Gasteiger partial charge in [0.05, 0.1) is 18.6 Å². The third-order valence-corrected chi connectivity index (χ3v) is 3.35. The van der Waals surface area contributed by atoms with E-state index in [0.717, 1.165) is 0 Å². The van der Waals surface area contributed by atoms with Gasteiger partial charge in [-0.2, -0.15) is 0 Å². The highest BCUT2D eigenvalue weighted by atomic mass is 19.1. The minimum absolute atomic E-state index is 0.126. The summed E-state index contributed by atoms with van der Waals surface area (Å²) in [6.07, 6.45) is -0.481. The van der Waals surface area contributed by atoms with E-state index in [4.69, 9.17) is 14.2 Å². The quantitative estimate of drug-likeness (QED) is 0.782. The van der Waals surface area contributed by atoms with E-state index in [9.17, 15) is 9.18 Å². The molecule has 0 unspecified atom stereocenters. The van der Waals surface area contributed by atoms with Crippen molar-refractivity contribution < 1.29 is 23.4 Å². The molecule has 0 aliphatic carbocycles. The minimum atomic E-state index is -0.653. The number of carbonyl (C=O) groups excluding carboxylic acids is 1. The summed E-state index contributed by atoms with van der Waals surface area (Å²) in [6.45, 7) is 4.03. The lowest BCUT2D eigenvalue weighted by Gasteiger charge is -2.29. The largest absolute Gasteiger partial charge is 0.486 e. The van der Waals surface area contributed by atoms with Crippen LogP contribution in [0, 0.1) is 5.82 Å². The number of carbonyl (C=O) groups is 1. The van der Waals surface area contributed by atoms with Crippen LogP contribution in [-0.4, -0.2) is 30.4 Å². The van der Waals surface area contributed by atoms with Crippen molar-refractivity contribution in [1.29, 1.82) is 0 Å². The molecule has 0 saturated carbocycles. The molecule has 2 atom stereocenters. The van der Waals surface area contributed by atoms with Crippen LogP contribution in [0.3, 0.4) is 0 Å². The molecule has 0 N–H and O–H groups in total. The first-order valence-corrected chi connectivity index (χ1v) is 6.26. The van der Waals surface area contributed by atoms with Crippen molar-refractivity contribution in [1.82, 2.24) is 0 Å². The fraction of sp³-hybridized carbons (Fsp3) is 0.500. The van der Waals surface area contributed by atoms with Crippen molar-refractivity contribution in [2.75, 3.05) is 6.61 Å². The van der Waals surface area contributed by atoms with E-state index in [2.05, 4.69) is 0 Å². The zero-order chi connectivity index (χ0) is 13.6. The predicted molar refractivity (Wildman–Crippen MR) is 64.7 cm³/mol. The summed E-state index contributed by atoms with van der Waals surface area (Å²) in [7, 11) is 0. The standard InChI is InChI=1S/C14H15FO4/c1-14(2)17-7-13(19-14)12-6-10(16)9-5-8(15)3-4-11(9)18-12/h3-5,12-13H,6-7H2,1-2H3/t12-,13-/m1/s1. The molecule has 0 radical (unpaired) electrons. The number of Topliss-reactive ketones (excluding diaryl/α,β-unsaturated/α-hetero) is 1. The molecule has 0 amide bonds. The molecule has 19 heavy (non-hydrogen) atoms. The normalized spacial score (nSPS) is 28.9. The van der Waals surface area contributed by atoms with Crippen LogP contribution in [-0.2, 0) is 9.47 Å². The maximum atomic E-state index is 13.1. The third-order valence-electron chi connectivity index (χ3n) is 3.35. The number of hydrogen-bond acceptors (Lipinski definition) is 4. The van der Waals surface area contributed by atoms with Crippen LogP contribution < -0.4 is 4.74 Å². The Morgan fingerprint density at radius 1 is 1.32 bits per heavy atom. The van der Waals surface area contributed by atoms with Crippen LogP contribution in [0.15, 0.2) is 18.2 Å². The van der Waals surface area contributed by atoms with Crippen molar-refractivity contribution in [3.8, 4) is 5.75 Å². The molecule has 0 bridgehead atoms. The van der Waals surface area contributed by atoms with Gasteiger partial charge < -0.3 is 14.2 Å². The Bertz CT molecular complexity index is 526. The Morgan fingerprint density at radius 3 is 2.79 bits per heavy atom. The average molecular weight is 266 g/mol. The summed E-state index contributed by atoms with van der Waals surface area (Å²) in [4.78, 5) is 12.0. The highest BCUT2D eigenvalue weighted by Gasteiger charge is 2.41. The zero-order valence-corrected chi connectivity index (χ0v) is 10.8. The molecule has 1 fully saturated rings. The summed E-state index contributed by atoms with van der Waals surface area (Å²) in [5.41, 5.74) is 0.300. The molecule has 4 nitrogen and oxygen atoms in total. The second-order valence-corrected chi connectivity index (χ2v) is 5.29. The molecule has 0 spiro atoms. The van der Waals surface area contributed by atoms with E-state index >= 15 is 0 Å².